The Morgan fingerprint density at radius 2 is 1.70 bits per heavy atom. The number of ether oxygens (including phenoxy) is 1. The molecule has 0 bridgehead atoms. The maximum atomic E-state index is 13.0. The van der Waals surface area contributed by atoms with Gasteiger partial charge in [-0.3, -0.25) is 4.90 Å². The molecular weight excluding hydrogens is 419 g/mol. The van der Waals surface area contributed by atoms with Crippen LogP contribution >= 0.6 is 0 Å². The van der Waals surface area contributed by atoms with Gasteiger partial charge in [-0.2, -0.15) is 30.2 Å². The summed E-state index contributed by atoms with van der Waals surface area (Å²) in [5, 5.41) is 0. The highest BCUT2D eigenvalue weighted by molar-refractivity contribution is 7.86. The molecule has 0 amide bonds. The van der Waals surface area contributed by atoms with E-state index in [9.17, 15) is 21.6 Å². The van der Waals surface area contributed by atoms with Crippen molar-refractivity contribution in [2.24, 2.45) is 0 Å². The maximum Gasteiger partial charge on any atom is 0.416 e. The summed E-state index contributed by atoms with van der Waals surface area (Å²) >= 11 is 0. The number of alkyl halides is 3. The van der Waals surface area contributed by atoms with Crippen molar-refractivity contribution >= 4 is 10.2 Å². The number of piperidine rings is 1. The van der Waals surface area contributed by atoms with Crippen LogP contribution in [-0.4, -0.2) is 73.4 Å². The highest BCUT2D eigenvalue weighted by Gasteiger charge is 2.37. The molecule has 170 valence electrons. The second-order valence-corrected chi connectivity index (χ2v) is 10.3. The lowest BCUT2D eigenvalue weighted by Crippen LogP contribution is -2.55. The van der Waals surface area contributed by atoms with Gasteiger partial charge in [-0.15, -0.1) is 0 Å². The summed E-state index contributed by atoms with van der Waals surface area (Å²) in [6, 6.07) is 5.47. The van der Waals surface area contributed by atoms with Gasteiger partial charge in [-0.05, 0) is 45.4 Å². The summed E-state index contributed by atoms with van der Waals surface area (Å²) in [6.07, 6.45) is -3.35. The Kier molecular flexibility index (Phi) is 7.13. The first kappa shape index (κ1) is 23.5. The van der Waals surface area contributed by atoms with E-state index in [0.29, 0.717) is 51.1 Å². The molecule has 1 aromatic rings. The van der Waals surface area contributed by atoms with E-state index in [0.717, 1.165) is 6.07 Å². The largest absolute Gasteiger partial charge is 0.416 e. The monoisotopic (exact) mass is 449 g/mol. The molecule has 3 rings (SSSR count). The number of nitrogens with zero attached hydrogens (tertiary/aromatic N) is 3. The summed E-state index contributed by atoms with van der Waals surface area (Å²) in [5.74, 6) is 0. The van der Waals surface area contributed by atoms with Gasteiger partial charge in [0.05, 0.1) is 17.8 Å². The highest BCUT2D eigenvalue weighted by atomic mass is 32.2. The third-order valence-corrected chi connectivity index (χ3v) is 7.74. The molecule has 6 nitrogen and oxygen atoms in total. The standard InChI is InChI=1S/C20H30F3N3O3S/c1-15-12-26(13-16(2)29-15)30(27,28)25-9-7-19(8-10-25)24(3)14-17-5-4-6-18(11-17)20(21,22)23/h4-6,11,15-16,19H,7-10,12-14H2,1-3H3. The fourth-order valence-corrected chi connectivity index (χ4v) is 6.05. The molecule has 2 aliphatic heterocycles. The van der Waals surface area contributed by atoms with Crippen LogP contribution in [-0.2, 0) is 27.7 Å². The molecule has 2 atom stereocenters. The Morgan fingerprint density at radius 3 is 2.27 bits per heavy atom. The van der Waals surface area contributed by atoms with Crippen molar-refractivity contribution in [2.45, 2.75) is 57.7 Å². The lowest BCUT2D eigenvalue weighted by atomic mass is 10.0. The molecule has 2 aliphatic rings. The zero-order valence-corrected chi connectivity index (χ0v) is 18.4. The van der Waals surface area contributed by atoms with Crippen molar-refractivity contribution in [3.05, 3.63) is 35.4 Å². The topological polar surface area (TPSA) is 53.1 Å². The minimum atomic E-state index is -4.36. The summed E-state index contributed by atoms with van der Waals surface area (Å²) in [7, 11) is -1.66. The molecule has 10 heteroatoms. The van der Waals surface area contributed by atoms with Gasteiger partial charge in [0, 0.05) is 38.8 Å². The molecule has 2 unspecified atom stereocenters. The number of benzene rings is 1. The second kappa shape index (κ2) is 9.12. The molecule has 1 aromatic carbocycles. The molecule has 30 heavy (non-hydrogen) atoms. The van der Waals surface area contributed by atoms with Crippen molar-refractivity contribution in [3.8, 4) is 0 Å². The average Bonchev–Trinajstić information content (AvgIpc) is 2.67. The number of halogens is 3. The number of hydrogen-bond donors (Lipinski definition) is 0. The Bertz CT molecular complexity index is 816. The molecule has 0 spiro atoms. The van der Waals surface area contributed by atoms with Crippen molar-refractivity contribution in [3.63, 3.8) is 0 Å². The highest BCUT2D eigenvalue weighted by Crippen LogP contribution is 2.30. The van der Waals surface area contributed by atoms with Crippen molar-refractivity contribution in [1.82, 2.24) is 13.5 Å². The second-order valence-electron chi connectivity index (χ2n) is 8.33. The van der Waals surface area contributed by atoms with Crippen LogP contribution in [0.25, 0.3) is 0 Å². The van der Waals surface area contributed by atoms with Gasteiger partial charge >= 0.3 is 6.18 Å². The van der Waals surface area contributed by atoms with Crippen LogP contribution in [0.2, 0.25) is 0 Å². The predicted molar refractivity (Wildman–Crippen MR) is 108 cm³/mol. The normalized spacial score (nSPS) is 25.7. The van der Waals surface area contributed by atoms with E-state index in [-0.39, 0.29) is 18.2 Å². The van der Waals surface area contributed by atoms with Crippen molar-refractivity contribution in [2.75, 3.05) is 33.2 Å². The van der Waals surface area contributed by atoms with Crippen LogP contribution < -0.4 is 0 Å². The van der Waals surface area contributed by atoms with E-state index >= 15 is 0 Å². The van der Waals surface area contributed by atoms with Gasteiger partial charge in [0.25, 0.3) is 10.2 Å². The molecule has 0 aromatic heterocycles. The Balaban J connectivity index is 1.57. The van der Waals surface area contributed by atoms with Crippen LogP contribution in [0, 0.1) is 0 Å². The van der Waals surface area contributed by atoms with E-state index in [1.165, 1.54) is 20.7 Å². The van der Waals surface area contributed by atoms with Gasteiger partial charge in [0.15, 0.2) is 0 Å². The van der Waals surface area contributed by atoms with E-state index < -0.39 is 21.9 Å². The van der Waals surface area contributed by atoms with Gasteiger partial charge in [0.2, 0.25) is 0 Å². The number of hydrogen-bond acceptors (Lipinski definition) is 4. The van der Waals surface area contributed by atoms with Crippen LogP contribution in [0.5, 0.6) is 0 Å². The van der Waals surface area contributed by atoms with Crippen LogP contribution in [0.15, 0.2) is 24.3 Å². The van der Waals surface area contributed by atoms with Gasteiger partial charge in [-0.25, -0.2) is 0 Å². The van der Waals surface area contributed by atoms with Crippen LogP contribution in [0.1, 0.15) is 37.8 Å². The van der Waals surface area contributed by atoms with Crippen LogP contribution in [0.4, 0.5) is 13.2 Å². The predicted octanol–water partition coefficient (Wildman–Crippen LogP) is 2.96. The Hall–Kier alpha value is -1.20. The molecule has 2 heterocycles. The number of rotatable bonds is 5. The Labute approximate surface area is 176 Å². The first-order valence-corrected chi connectivity index (χ1v) is 11.6. The smallest absolute Gasteiger partial charge is 0.373 e. The molecule has 0 N–H and O–H groups in total. The first-order valence-electron chi connectivity index (χ1n) is 10.2. The van der Waals surface area contributed by atoms with E-state index in [4.69, 9.17) is 4.74 Å². The fourth-order valence-electron chi connectivity index (χ4n) is 4.26. The summed E-state index contributed by atoms with van der Waals surface area (Å²) < 4.78 is 73.5. The maximum absolute atomic E-state index is 13.0. The Morgan fingerprint density at radius 1 is 1.10 bits per heavy atom. The molecule has 0 aliphatic carbocycles. The molecule has 2 saturated heterocycles. The molecular formula is C20H30F3N3O3S. The quantitative estimate of drug-likeness (QED) is 0.694. The molecule has 0 saturated carbocycles. The lowest BCUT2D eigenvalue weighted by Gasteiger charge is -2.41. The average molecular weight is 450 g/mol. The van der Waals surface area contributed by atoms with Crippen molar-refractivity contribution in [1.29, 1.82) is 0 Å². The van der Waals surface area contributed by atoms with Crippen LogP contribution in [0.3, 0.4) is 0 Å². The zero-order chi connectivity index (χ0) is 22.1. The van der Waals surface area contributed by atoms with E-state index in [2.05, 4.69) is 0 Å². The molecule has 2 fully saturated rings. The van der Waals surface area contributed by atoms with Gasteiger partial charge in [-0.1, -0.05) is 18.2 Å². The zero-order valence-electron chi connectivity index (χ0n) is 17.6. The van der Waals surface area contributed by atoms with Crippen molar-refractivity contribution < 1.29 is 26.3 Å². The molecule has 0 radical (unpaired) electrons. The first-order chi connectivity index (χ1) is 14.0. The SMILES string of the molecule is CC1CN(S(=O)(=O)N2CCC(N(C)Cc3cccc(C(F)(F)F)c3)CC2)CC(C)O1. The third-order valence-electron chi connectivity index (χ3n) is 5.77. The summed E-state index contributed by atoms with van der Waals surface area (Å²) in [5.41, 5.74) is -0.0538. The third kappa shape index (κ3) is 5.53. The summed E-state index contributed by atoms with van der Waals surface area (Å²) in [4.78, 5) is 2.01. The fraction of sp³-hybridized carbons (Fsp3) is 0.700. The van der Waals surface area contributed by atoms with E-state index in [1.54, 1.807) is 6.07 Å². The number of morpholine rings is 1. The summed E-state index contributed by atoms with van der Waals surface area (Å²) in [6.45, 7) is 5.63. The minimum absolute atomic E-state index is 0.119. The van der Waals surface area contributed by atoms with Gasteiger partial charge < -0.3 is 4.74 Å². The van der Waals surface area contributed by atoms with E-state index in [1.807, 2.05) is 25.8 Å². The lowest BCUT2D eigenvalue weighted by molar-refractivity contribution is -0.137. The minimum Gasteiger partial charge on any atom is -0.373 e. The van der Waals surface area contributed by atoms with Gasteiger partial charge in [0.1, 0.15) is 0 Å².